The third kappa shape index (κ3) is 5.95. The fraction of sp³-hybridized carbons (Fsp3) is 0.0323. The van der Waals surface area contributed by atoms with E-state index in [1.807, 2.05) is 0 Å². The van der Waals surface area contributed by atoms with Crippen LogP contribution < -0.4 is 0 Å². The summed E-state index contributed by atoms with van der Waals surface area (Å²) < 4.78 is 4.85. The van der Waals surface area contributed by atoms with E-state index in [9.17, 15) is 0 Å². The Kier molecular flexibility index (Phi) is 8.98. The Bertz CT molecular complexity index is 3640. The van der Waals surface area contributed by atoms with Crippen molar-refractivity contribution in [3.05, 3.63) is 277 Å². The lowest BCUT2D eigenvalue weighted by atomic mass is 9.63. The molecular formula is C62H44N2. The first-order valence-electron chi connectivity index (χ1n) is 22.2. The number of para-hydroxylation sites is 2. The van der Waals surface area contributed by atoms with E-state index < -0.39 is 5.41 Å². The molecule has 0 radical (unpaired) electrons. The molecule has 64 heavy (non-hydrogen) atoms. The topological polar surface area (TPSA) is 9.86 Å². The van der Waals surface area contributed by atoms with Crippen molar-refractivity contribution >= 4 is 43.6 Å². The van der Waals surface area contributed by atoms with Crippen LogP contribution >= 0.6 is 0 Å². The van der Waals surface area contributed by atoms with E-state index in [-0.39, 0.29) is 0 Å². The summed E-state index contributed by atoms with van der Waals surface area (Å²) in [6.45, 7) is 4.85. The van der Waals surface area contributed by atoms with E-state index in [0.29, 0.717) is 0 Å². The molecule has 9 aromatic carbocycles. The van der Waals surface area contributed by atoms with Gasteiger partial charge in [0, 0.05) is 32.9 Å². The van der Waals surface area contributed by atoms with Crippen LogP contribution in [0.5, 0.6) is 0 Å². The number of hydrogen-bond donors (Lipinski definition) is 0. The summed E-state index contributed by atoms with van der Waals surface area (Å²) in [5.74, 6) is 0. The van der Waals surface area contributed by atoms with Crippen LogP contribution in [0.4, 0.5) is 0 Å². The monoisotopic (exact) mass is 816 g/mol. The van der Waals surface area contributed by atoms with Gasteiger partial charge in [0.25, 0.3) is 0 Å². The summed E-state index contributed by atoms with van der Waals surface area (Å²) in [6.07, 6.45) is 9.59. The molecule has 0 N–H and O–H groups in total. The van der Waals surface area contributed by atoms with Gasteiger partial charge in [0.2, 0.25) is 0 Å². The number of hydrogen-bond acceptors (Lipinski definition) is 0. The highest BCUT2D eigenvalue weighted by atomic mass is 15.0. The molecule has 0 bridgehead atoms. The van der Waals surface area contributed by atoms with Gasteiger partial charge in [-0.1, -0.05) is 189 Å². The zero-order chi connectivity index (χ0) is 42.6. The number of aromatic nitrogens is 2. The van der Waals surface area contributed by atoms with Gasteiger partial charge in [0.05, 0.1) is 27.5 Å². The van der Waals surface area contributed by atoms with E-state index >= 15 is 0 Å². The van der Waals surface area contributed by atoms with Gasteiger partial charge in [-0.2, -0.15) is 0 Å². The average molecular weight is 817 g/mol. The van der Waals surface area contributed by atoms with Crippen LogP contribution in [0.15, 0.2) is 255 Å². The maximum absolute atomic E-state index is 4.85. The molecule has 0 fully saturated rings. The summed E-state index contributed by atoms with van der Waals surface area (Å²) in [5.41, 5.74) is 17.1. The van der Waals surface area contributed by atoms with Gasteiger partial charge in [-0.15, -0.1) is 0 Å². The molecule has 12 rings (SSSR count). The van der Waals surface area contributed by atoms with Gasteiger partial charge in [-0.05, 0) is 117 Å². The van der Waals surface area contributed by atoms with Crippen LogP contribution in [0.2, 0.25) is 0 Å². The van der Waals surface area contributed by atoms with Crippen molar-refractivity contribution in [3.8, 4) is 33.6 Å². The van der Waals surface area contributed by atoms with Crippen molar-refractivity contribution < 1.29 is 0 Å². The van der Waals surface area contributed by atoms with E-state index in [2.05, 4.69) is 252 Å². The number of fused-ring (bicyclic) bond motifs is 7. The lowest BCUT2D eigenvalue weighted by Gasteiger charge is -2.38. The molecule has 302 valence electrons. The van der Waals surface area contributed by atoms with Crippen LogP contribution in [0.3, 0.4) is 0 Å². The average Bonchev–Trinajstić information content (AvgIpc) is 3.89. The Morgan fingerprint density at radius 2 is 0.969 bits per heavy atom. The molecule has 1 atom stereocenters. The molecule has 2 heteroatoms. The summed E-state index contributed by atoms with van der Waals surface area (Å²) in [7, 11) is 0. The number of allylic oxidation sites excluding steroid dienone is 5. The van der Waals surface area contributed by atoms with Gasteiger partial charge in [0.15, 0.2) is 0 Å². The molecule has 0 amide bonds. The lowest BCUT2D eigenvalue weighted by Crippen LogP contribution is -2.32. The van der Waals surface area contributed by atoms with Crippen molar-refractivity contribution in [2.24, 2.45) is 0 Å². The Balaban J connectivity index is 1.06. The van der Waals surface area contributed by atoms with Crippen molar-refractivity contribution in [1.82, 2.24) is 9.13 Å². The van der Waals surface area contributed by atoms with E-state index in [0.717, 1.165) is 23.4 Å². The lowest BCUT2D eigenvalue weighted by molar-refractivity contribution is 0.738. The summed E-state index contributed by atoms with van der Waals surface area (Å²) in [4.78, 5) is 0. The van der Waals surface area contributed by atoms with Gasteiger partial charge in [0.1, 0.15) is 0 Å². The molecule has 2 nitrogen and oxygen atoms in total. The molecule has 0 saturated carbocycles. The largest absolute Gasteiger partial charge is 0.309 e. The first-order chi connectivity index (χ1) is 31.7. The predicted octanol–water partition coefficient (Wildman–Crippen LogP) is 15.8. The quantitative estimate of drug-likeness (QED) is 0.158. The van der Waals surface area contributed by atoms with E-state index in [1.54, 1.807) is 0 Å². The van der Waals surface area contributed by atoms with Crippen LogP contribution in [0.25, 0.3) is 77.2 Å². The fourth-order valence-corrected chi connectivity index (χ4v) is 10.5. The molecule has 1 aliphatic rings. The predicted molar refractivity (Wildman–Crippen MR) is 270 cm³/mol. The molecule has 0 spiro atoms. The maximum Gasteiger partial charge on any atom is 0.0698 e. The summed E-state index contributed by atoms with van der Waals surface area (Å²) in [6, 6.07) is 80.1. The minimum Gasteiger partial charge on any atom is -0.309 e. The summed E-state index contributed by atoms with van der Waals surface area (Å²) >= 11 is 0. The Labute approximate surface area is 373 Å². The zero-order valence-electron chi connectivity index (χ0n) is 35.4. The molecule has 0 aliphatic heterocycles. The number of benzene rings is 9. The smallest absolute Gasteiger partial charge is 0.0698 e. The van der Waals surface area contributed by atoms with Gasteiger partial charge in [-0.3, -0.25) is 0 Å². The first kappa shape index (κ1) is 37.6. The molecule has 1 unspecified atom stereocenters. The minimum atomic E-state index is -0.618. The van der Waals surface area contributed by atoms with Crippen LogP contribution in [0.1, 0.15) is 22.3 Å². The molecule has 11 aromatic rings. The molecule has 2 heterocycles. The highest BCUT2D eigenvalue weighted by Crippen LogP contribution is 2.49. The van der Waals surface area contributed by atoms with E-state index in [4.69, 9.17) is 6.58 Å². The van der Waals surface area contributed by atoms with Crippen molar-refractivity contribution in [3.63, 3.8) is 0 Å². The van der Waals surface area contributed by atoms with Crippen molar-refractivity contribution in [2.75, 3.05) is 0 Å². The third-order valence-corrected chi connectivity index (χ3v) is 13.4. The van der Waals surface area contributed by atoms with Gasteiger partial charge in [-0.25, -0.2) is 0 Å². The second-order valence-electron chi connectivity index (χ2n) is 16.9. The number of nitrogens with zero attached hydrogens (tertiary/aromatic N) is 2. The van der Waals surface area contributed by atoms with Gasteiger partial charge >= 0.3 is 0 Å². The standard InChI is InChI=1S/C62H44N2/c1-43-19-6-2-9-22-45-23-14-16-31-57(45)62(43,49-25-10-4-11-26-49)50-35-38-60-56(42-50)54-36-33-48(41-61(54)63(60)51-27-12-5-13-28-51)47-34-37-59-55(40-47)53-30-15-17-32-58(53)64(59)52-29-18-24-46(39-52)44-20-7-3-8-21-44/h2-21,23-42H,1,22H2/b9-2-,19-6-. The normalized spacial score (nSPS) is 16.1. The molecule has 2 aromatic heterocycles. The third-order valence-electron chi connectivity index (χ3n) is 13.4. The Morgan fingerprint density at radius 1 is 0.375 bits per heavy atom. The second kappa shape index (κ2) is 15.3. The Hall–Kier alpha value is -8.20. The Morgan fingerprint density at radius 3 is 1.81 bits per heavy atom. The molecular weight excluding hydrogens is 773 g/mol. The number of rotatable bonds is 6. The molecule has 1 aliphatic carbocycles. The van der Waals surface area contributed by atoms with Crippen molar-refractivity contribution in [1.29, 1.82) is 0 Å². The molecule has 0 saturated heterocycles. The van der Waals surface area contributed by atoms with Crippen molar-refractivity contribution in [2.45, 2.75) is 11.8 Å². The first-order valence-corrected chi connectivity index (χ1v) is 22.2. The highest BCUT2D eigenvalue weighted by molar-refractivity contribution is 6.12. The zero-order valence-corrected chi connectivity index (χ0v) is 35.4. The van der Waals surface area contributed by atoms with Crippen LogP contribution in [-0.4, -0.2) is 9.13 Å². The second-order valence-corrected chi connectivity index (χ2v) is 16.9. The van der Waals surface area contributed by atoms with Crippen LogP contribution in [-0.2, 0) is 11.8 Å². The summed E-state index contributed by atoms with van der Waals surface area (Å²) in [5, 5.41) is 4.89. The van der Waals surface area contributed by atoms with Crippen LogP contribution in [0, 0.1) is 0 Å². The fourth-order valence-electron chi connectivity index (χ4n) is 10.5. The minimum absolute atomic E-state index is 0.618. The SMILES string of the molecule is C=C1/C=C\C=C/Cc2ccccc2C1(c1ccccc1)c1ccc2c(c1)c1ccc(-c3ccc4c(c3)c3ccccc3n4-c3cccc(-c4ccccc4)c3)cc1n2-c1ccccc1. The van der Waals surface area contributed by atoms with Gasteiger partial charge < -0.3 is 9.13 Å². The maximum atomic E-state index is 4.85. The van der Waals surface area contributed by atoms with E-state index in [1.165, 1.54) is 88.1 Å². The highest BCUT2D eigenvalue weighted by Gasteiger charge is 2.40.